The van der Waals surface area contributed by atoms with E-state index < -0.39 is 0 Å². The van der Waals surface area contributed by atoms with Gasteiger partial charge < -0.3 is 5.32 Å². The highest BCUT2D eigenvalue weighted by Gasteiger charge is 2.46. The Labute approximate surface area is 123 Å². The van der Waals surface area contributed by atoms with Crippen LogP contribution >= 0.6 is 23.2 Å². The van der Waals surface area contributed by atoms with Gasteiger partial charge in [-0.15, -0.1) is 23.2 Å². The number of hydrogen-bond acceptors (Lipinski definition) is 2. The molecule has 1 saturated carbocycles. The second-order valence-corrected chi connectivity index (χ2v) is 6.58. The largest absolute Gasteiger partial charge is 0.305 e. The number of rotatable bonds is 1. The zero-order valence-corrected chi connectivity index (χ0v) is 12.1. The first kappa shape index (κ1) is 13.4. The summed E-state index contributed by atoms with van der Waals surface area (Å²) in [5.74, 6) is 0.126. The molecule has 0 amide bonds. The number of carbonyl (C=O) groups is 1. The summed E-state index contributed by atoms with van der Waals surface area (Å²) in [7, 11) is 0. The quantitative estimate of drug-likeness (QED) is 0.806. The predicted octanol–water partition coefficient (Wildman–Crippen LogP) is 3.28. The highest BCUT2D eigenvalue weighted by Crippen LogP contribution is 2.39. The van der Waals surface area contributed by atoms with Gasteiger partial charge in [0.1, 0.15) is 5.78 Å². The lowest BCUT2D eigenvalue weighted by molar-refractivity contribution is -0.127. The molecule has 1 aliphatic carbocycles. The van der Waals surface area contributed by atoms with Crippen molar-refractivity contribution in [3.8, 4) is 0 Å². The lowest BCUT2D eigenvalue weighted by Crippen LogP contribution is -2.57. The Balaban J connectivity index is 1.84. The van der Waals surface area contributed by atoms with E-state index in [0.29, 0.717) is 6.42 Å². The van der Waals surface area contributed by atoms with Gasteiger partial charge in [-0.05, 0) is 18.4 Å². The standard InChI is InChI=1S/C15H17Cl2NO/c16-10-6-7-11(17)15-14(10)13(19)8-12(18-15)9-4-2-1-3-5-9/h1-5,10-12,14-15,18H,6-8H2. The molecule has 1 heterocycles. The van der Waals surface area contributed by atoms with Crippen molar-refractivity contribution in [1.82, 2.24) is 5.32 Å². The molecule has 1 saturated heterocycles. The van der Waals surface area contributed by atoms with Crippen molar-refractivity contribution < 1.29 is 4.79 Å². The van der Waals surface area contributed by atoms with Crippen LogP contribution in [0.25, 0.3) is 0 Å². The van der Waals surface area contributed by atoms with Gasteiger partial charge in [0, 0.05) is 29.3 Å². The predicted molar refractivity (Wildman–Crippen MR) is 77.7 cm³/mol. The average molecular weight is 298 g/mol. The molecule has 3 rings (SSSR count). The molecule has 5 atom stereocenters. The minimum atomic E-state index is -0.127. The number of halogens is 2. The van der Waals surface area contributed by atoms with Crippen molar-refractivity contribution in [3.63, 3.8) is 0 Å². The summed E-state index contributed by atoms with van der Waals surface area (Å²) in [6.45, 7) is 0. The first-order chi connectivity index (χ1) is 9.16. The first-order valence-electron chi connectivity index (χ1n) is 6.78. The van der Waals surface area contributed by atoms with Crippen LogP contribution in [0.2, 0.25) is 0 Å². The fraction of sp³-hybridized carbons (Fsp3) is 0.533. The minimum absolute atomic E-state index is 0.00405. The van der Waals surface area contributed by atoms with E-state index in [0.717, 1.165) is 18.4 Å². The SMILES string of the molecule is O=C1CC(c2ccccc2)NC2C(Cl)CCC(Cl)C12. The highest BCUT2D eigenvalue weighted by atomic mass is 35.5. The van der Waals surface area contributed by atoms with E-state index in [4.69, 9.17) is 23.2 Å². The molecule has 1 aromatic rings. The van der Waals surface area contributed by atoms with Gasteiger partial charge in [0.2, 0.25) is 0 Å². The van der Waals surface area contributed by atoms with Gasteiger partial charge in [0.05, 0.1) is 5.92 Å². The molecular formula is C15H17Cl2NO. The van der Waals surface area contributed by atoms with Gasteiger partial charge in [-0.2, -0.15) is 0 Å². The maximum Gasteiger partial charge on any atom is 0.140 e. The van der Waals surface area contributed by atoms with Crippen molar-refractivity contribution in [2.24, 2.45) is 5.92 Å². The maximum absolute atomic E-state index is 12.4. The van der Waals surface area contributed by atoms with Gasteiger partial charge >= 0.3 is 0 Å². The van der Waals surface area contributed by atoms with E-state index in [1.807, 2.05) is 18.2 Å². The van der Waals surface area contributed by atoms with Crippen molar-refractivity contribution in [3.05, 3.63) is 35.9 Å². The number of Topliss-reactive ketones (excluding diaryl/α,β-unsaturated/α-hetero) is 1. The molecule has 0 bridgehead atoms. The zero-order chi connectivity index (χ0) is 13.4. The second kappa shape index (κ2) is 5.43. The molecule has 19 heavy (non-hydrogen) atoms. The second-order valence-electron chi connectivity index (χ2n) is 5.46. The number of piperidine rings is 1. The van der Waals surface area contributed by atoms with E-state index in [-0.39, 0.29) is 34.5 Å². The number of hydrogen-bond donors (Lipinski definition) is 1. The lowest BCUT2D eigenvalue weighted by Gasteiger charge is -2.44. The third-order valence-corrected chi connectivity index (χ3v) is 5.24. The van der Waals surface area contributed by atoms with Crippen molar-refractivity contribution in [2.75, 3.05) is 0 Å². The molecule has 2 fully saturated rings. The maximum atomic E-state index is 12.4. The van der Waals surface area contributed by atoms with Crippen molar-refractivity contribution in [2.45, 2.75) is 42.1 Å². The van der Waals surface area contributed by atoms with E-state index >= 15 is 0 Å². The number of fused-ring (bicyclic) bond motifs is 1. The monoisotopic (exact) mass is 297 g/mol. The zero-order valence-electron chi connectivity index (χ0n) is 10.6. The van der Waals surface area contributed by atoms with Crippen molar-refractivity contribution >= 4 is 29.0 Å². The van der Waals surface area contributed by atoms with Crippen LogP contribution in [-0.4, -0.2) is 22.6 Å². The number of ketones is 1. The Morgan fingerprint density at radius 3 is 2.47 bits per heavy atom. The number of carbonyl (C=O) groups excluding carboxylic acids is 1. The number of benzene rings is 1. The van der Waals surface area contributed by atoms with Crippen LogP contribution in [0.3, 0.4) is 0 Å². The van der Waals surface area contributed by atoms with Crippen LogP contribution in [0.5, 0.6) is 0 Å². The van der Waals surface area contributed by atoms with Gasteiger partial charge in [0.25, 0.3) is 0 Å². The molecule has 1 aromatic carbocycles. The molecular weight excluding hydrogens is 281 g/mol. The van der Waals surface area contributed by atoms with Crippen LogP contribution in [0.15, 0.2) is 30.3 Å². The molecule has 5 unspecified atom stereocenters. The average Bonchev–Trinajstić information content (AvgIpc) is 2.43. The molecule has 1 aliphatic heterocycles. The van der Waals surface area contributed by atoms with Crippen LogP contribution in [0.4, 0.5) is 0 Å². The summed E-state index contributed by atoms with van der Waals surface area (Å²) in [6.07, 6.45) is 2.22. The molecule has 102 valence electrons. The number of alkyl halides is 2. The van der Waals surface area contributed by atoms with Crippen LogP contribution in [-0.2, 0) is 4.79 Å². The Hall–Kier alpha value is -0.570. The highest BCUT2D eigenvalue weighted by molar-refractivity contribution is 6.24. The lowest BCUT2D eigenvalue weighted by atomic mass is 9.75. The molecule has 0 aromatic heterocycles. The summed E-state index contributed by atoms with van der Waals surface area (Å²) < 4.78 is 0. The molecule has 4 heteroatoms. The fourth-order valence-corrected chi connectivity index (χ4v) is 4.04. The molecule has 2 aliphatic rings. The van der Waals surface area contributed by atoms with Crippen LogP contribution in [0, 0.1) is 5.92 Å². The Kier molecular flexibility index (Phi) is 3.84. The van der Waals surface area contributed by atoms with E-state index in [9.17, 15) is 4.79 Å². The first-order valence-corrected chi connectivity index (χ1v) is 7.66. The minimum Gasteiger partial charge on any atom is -0.305 e. The smallest absolute Gasteiger partial charge is 0.140 e. The van der Waals surface area contributed by atoms with Gasteiger partial charge in [-0.25, -0.2) is 0 Å². The fourth-order valence-electron chi connectivity index (χ4n) is 3.27. The summed E-state index contributed by atoms with van der Waals surface area (Å²) in [5, 5.41) is 3.47. The normalized spacial score (nSPS) is 38.8. The van der Waals surface area contributed by atoms with E-state index in [1.165, 1.54) is 0 Å². The van der Waals surface area contributed by atoms with Crippen LogP contribution < -0.4 is 5.32 Å². The van der Waals surface area contributed by atoms with Gasteiger partial charge in [-0.1, -0.05) is 30.3 Å². The third kappa shape index (κ3) is 2.54. The summed E-state index contributed by atoms with van der Waals surface area (Å²) in [6, 6.07) is 10.2. The van der Waals surface area contributed by atoms with E-state index in [1.54, 1.807) is 0 Å². The third-order valence-electron chi connectivity index (χ3n) is 4.26. The summed E-state index contributed by atoms with van der Waals surface area (Å²) in [4.78, 5) is 12.4. The molecule has 0 radical (unpaired) electrons. The van der Waals surface area contributed by atoms with E-state index in [2.05, 4.69) is 17.4 Å². The number of nitrogens with one attached hydrogen (secondary N) is 1. The summed E-state index contributed by atoms with van der Waals surface area (Å²) >= 11 is 12.7. The van der Waals surface area contributed by atoms with Gasteiger partial charge in [0.15, 0.2) is 0 Å². The van der Waals surface area contributed by atoms with Crippen molar-refractivity contribution in [1.29, 1.82) is 0 Å². The Morgan fingerprint density at radius 1 is 1.05 bits per heavy atom. The summed E-state index contributed by atoms with van der Waals surface area (Å²) in [5.41, 5.74) is 1.15. The molecule has 2 nitrogen and oxygen atoms in total. The Morgan fingerprint density at radius 2 is 1.74 bits per heavy atom. The van der Waals surface area contributed by atoms with Crippen LogP contribution in [0.1, 0.15) is 30.9 Å². The molecule has 0 spiro atoms. The topological polar surface area (TPSA) is 29.1 Å². The Bertz CT molecular complexity index is 464. The van der Waals surface area contributed by atoms with Gasteiger partial charge in [-0.3, -0.25) is 4.79 Å². The molecule has 1 N–H and O–H groups in total.